The van der Waals surface area contributed by atoms with Crippen molar-refractivity contribution in [3.63, 3.8) is 0 Å². The number of nitrogens with one attached hydrogen (secondary N) is 1. The average molecular weight is 453 g/mol. The quantitative estimate of drug-likeness (QED) is 0.713. The molecule has 3 aliphatic heterocycles. The van der Waals surface area contributed by atoms with Gasteiger partial charge in [-0.25, -0.2) is 4.79 Å². The second-order valence-electron chi connectivity index (χ2n) is 8.48. The van der Waals surface area contributed by atoms with Gasteiger partial charge in [-0.05, 0) is 42.7 Å². The average Bonchev–Trinajstić information content (AvgIpc) is 3.08. The first-order chi connectivity index (χ1) is 14.2. The summed E-state index contributed by atoms with van der Waals surface area (Å²) in [6, 6.07) is 9.00. The molecule has 30 heavy (non-hydrogen) atoms. The number of amides is 2. The Balaban J connectivity index is 0.00000256. The number of nitrogens with zero attached hydrogens (tertiary/aromatic N) is 3. The van der Waals surface area contributed by atoms with Gasteiger partial charge in [-0.3, -0.25) is 9.80 Å². The van der Waals surface area contributed by atoms with Crippen molar-refractivity contribution in [2.75, 3.05) is 57.3 Å². The number of hydrogen-bond acceptors (Lipinski definition) is 5. The monoisotopic (exact) mass is 452 g/mol. The molecule has 0 bridgehead atoms. The first kappa shape index (κ1) is 23.7. The Bertz CT molecular complexity index is 685. The summed E-state index contributed by atoms with van der Waals surface area (Å²) in [4.78, 5) is 19.3. The van der Waals surface area contributed by atoms with E-state index in [9.17, 15) is 9.90 Å². The van der Waals surface area contributed by atoms with Crippen molar-refractivity contribution < 1.29 is 9.90 Å². The maximum absolute atomic E-state index is 12.6. The van der Waals surface area contributed by atoms with Crippen molar-refractivity contribution >= 4 is 31.3 Å². The summed E-state index contributed by atoms with van der Waals surface area (Å²) in [6.45, 7) is 6.69. The Kier molecular flexibility index (Phi) is 9.19. The lowest BCUT2D eigenvalue weighted by Gasteiger charge is -2.30. The van der Waals surface area contributed by atoms with Crippen molar-refractivity contribution in [2.24, 2.45) is 0 Å². The van der Waals surface area contributed by atoms with E-state index in [0.29, 0.717) is 19.1 Å². The van der Waals surface area contributed by atoms with Crippen LogP contribution in [0.25, 0.3) is 0 Å². The number of carbonyl (C=O) groups is 1. The summed E-state index contributed by atoms with van der Waals surface area (Å²) in [5, 5.41) is 13.4. The van der Waals surface area contributed by atoms with Crippen LogP contribution in [-0.4, -0.2) is 95.3 Å². The number of rotatable bonds is 5. The Morgan fingerprint density at radius 2 is 2.00 bits per heavy atom. The summed E-state index contributed by atoms with van der Waals surface area (Å²) in [5.41, 5.74) is 2.77. The Morgan fingerprint density at radius 3 is 2.87 bits per heavy atom. The van der Waals surface area contributed by atoms with Crippen LogP contribution in [0.5, 0.6) is 0 Å². The van der Waals surface area contributed by atoms with Gasteiger partial charge >= 0.3 is 6.03 Å². The number of carbonyl (C=O) groups excluding carboxylic acids is 1. The molecule has 1 aromatic rings. The predicted octanol–water partition coefficient (Wildman–Crippen LogP) is 1.74. The van der Waals surface area contributed by atoms with E-state index in [0.717, 1.165) is 52.1 Å². The lowest BCUT2D eigenvalue weighted by atomic mass is 10.00. The molecule has 3 aliphatic rings. The van der Waals surface area contributed by atoms with E-state index < -0.39 is 6.10 Å². The second-order valence-corrected chi connectivity index (χ2v) is 9.71. The number of aliphatic hydroxyl groups is 1. The van der Waals surface area contributed by atoms with E-state index in [1.807, 2.05) is 16.7 Å². The van der Waals surface area contributed by atoms with Crippen molar-refractivity contribution in [1.82, 2.24) is 20.0 Å². The molecular formula is C22H36N4O2S2. The van der Waals surface area contributed by atoms with Gasteiger partial charge in [0.05, 0.1) is 6.10 Å². The summed E-state index contributed by atoms with van der Waals surface area (Å²) in [5.74, 6) is 2.46. The van der Waals surface area contributed by atoms with Gasteiger partial charge in [-0.15, -0.1) is 0 Å². The molecule has 8 heteroatoms. The molecule has 0 aromatic heterocycles. The van der Waals surface area contributed by atoms with E-state index in [-0.39, 0.29) is 19.5 Å². The van der Waals surface area contributed by atoms with Crippen LogP contribution < -0.4 is 5.32 Å². The highest BCUT2D eigenvalue weighted by molar-refractivity contribution is 7.99. The van der Waals surface area contributed by atoms with Crippen molar-refractivity contribution in [1.29, 1.82) is 0 Å². The molecule has 4 rings (SSSR count). The molecule has 1 unspecified atom stereocenters. The van der Waals surface area contributed by atoms with Crippen LogP contribution >= 0.6 is 25.3 Å². The zero-order valence-corrected chi connectivity index (χ0v) is 19.6. The van der Waals surface area contributed by atoms with Crippen LogP contribution in [-0.2, 0) is 13.0 Å². The van der Waals surface area contributed by atoms with Crippen molar-refractivity contribution in [3.8, 4) is 0 Å². The van der Waals surface area contributed by atoms with Gasteiger partial charge < -0.3 is 15.3 Å². The molecule has 2 amide bonds. The van der Waals surface area contributed by atoms with Crippen LogP contribution in [0, 0.1) is 0 Å². The Labute approximate surface area is 191 Å². The highest BCUT2D eigenvalue weighted by Gasteiger charge is 2.30. The first-order valence-electron chi connectivity index (χ1n) is 11.0. The minimum absolute atomic E-state index is 0. The molecule has 0 aliphatic carbocycles. The first-order valence-corrected chi connectivity index (χ1v) is 12.2. The smallest absolute Gasteiger partial charge is 0.317 e. The van der Waals surface area contributed by atoms with E-state index in [2.05, 4.69) is 39.4 Å². The highest BCUT2D eigenvalue weighted by atomic mass is 32.2. The van der Waals surface area contributed by atoms with E-state index >= 15 is 0 Å². The standard InChI is InChI=1S/C22H34N4O2S.H2S/c27-21(17-24-9-6-18-4-1-2-5-19(18)15-24)14-23-22(28)26-10-7-20(16-26)25-8-3-12-29-13-11-25;/h1-2,4-5,20-21,27H,3,6-17H2,(H,23,28);1H2/t20?,21-;/m0./s1. The molecular weight excluding hydrogens is 416 g/mol. The topological polar surface area (TPSA) is 59.1 Å². The Hall–Kier alpha value is -0.930. The summed E-state index contributed by atoms with van der Waals surface area (Å²) >= 11 is 2.04. The van der Waals surface area contributed by atoms with Gasteiger partial charge in [-0.1, -0.05) is 24.3 Å². The van der Waals surface area contributed by atoms with E-state index in [4.69, 9.17) is 0 Å². The fourth-order valence-corrected chi connectivity index (χ4v) is 5.65. The lowest BCUT2D eigenvalue weighted by molar-refractivity contribution is 0.104. The predicted molar refractivity (Wildman–Crippen MR) is 129 cm³/mol. The molecule has 0 saturated carbocycles. The van der Waals surface area contributed by atoms with E-state index in [1.165, 1.54) is 29.1 Å². The van der Waals surface area contributed by atoms with Gasteiger partial charge in [0.25, 0.3) is 0 Å². The van der Waals surface area contributed by atoms with Crippen molar-refractivity contribution in [2.45, 2.75) is 38.0 Å². The molecule has 0 radical (unpaired) electrons. The number of β-amino-alcohol motifs (C(OH)–C–C–N with tert-alkyl or cyclic N) is 1. The van der Waals surface area contributed by atoms with Gasteiger partial charge in [0.15, 0.2) is 0 Å². The molecule has 168 valence electrons. The van der Waals surface area contributed by atoms with Crippen molar-refractivity contribution in [3.05, 3.63) is 35.4 Å². The number of aliphatic hydroxyl groups excluding tert-OH is 1. The SMILES string of the molecule is O=C(NC[C@H](O)CN1CCc2ccccc2C1)N1CCC(N2CCCSCC2)C1.S. The largest absolute Gasteiger partial charge is 0.390 e. The molecule has 2 saturated heterocycles. The highest BCUT2D eigenvalue weighted by Crippen LogP contribution is 2.20. The summed E-state index contributed by atoms with van der Waals surface area (Å²) < 4.78 is 0. The normalized spacial score (nSPS) is 23.9. The second kappa shape index (κ2) is 11.6. The van der Waals surface area contributed by atoms with Crippen LogP contribution in [0.4, 0.5) is 4.79 Å². The summed E-state index contributed by atoms with van der Waals surface area (Å²) in [6.07, 6.45) is 2.80. The van der Waals surface area contributed by atoms with Crippen LogP contribution in [0.15, 0.2) is 24.3 Å². The van der Waals surface area contributed by atoms with Gasteiger partial charge in [0.2, 0.25) is 0 Å². The third-order valence-corrected chi connectivity index (χ3v) is 7.44. The molecule has 3 heterocycles. The third-order valence-electron chi connectivity index (χ3n) is 6.39. The number of hydrogen-bond donors (Lipinski definition) is 2. The van der Waals surface area contributed by atoms with Crippen LogP contribution in [0.1, 0.15) is 24.0 Å². The van der Waals surface area contributed by atoms with Gasteiger partial charge in [0, 0.05) is 57.6 Å². The third kappa shape index (κ3) is 6.29. The fourth-order valence-electron chi connectivity index (χ4n) is 4.74. The zero-order chi connectivity index (χ0) is 20.1. The number of fused-ring (bicyclic) bond motifs is 1. The molecule has 6 nitrogen and oxygen atoms in total. The molecule has 2 atom stereocenters. The number of urea groups is 1. The molecule has 2 N–H and O–H groups in total. The fraction of sp³-hybridized carbons (Fsp3) is 0.682. The van der Waals surface area contributed by atoms with Crippen LogP contribution in [0.2, 0.25) is 0 Å². The maximum Gasteiger partial charge on any atom is 0.317 e. The number of likely N-dealkylation sites (tertiary alicyclic amines) is 1. The minimum atomic E-state index is -0.537. The number of benzene rings is 1. The minimum Gasteiger partial charge on any atom is -0.390 e. The molecule has 2 fully saturated rings. The molecule has 1 aromatic carbocycles. The molecule has 0 spiro atoms. The summed E-state index contributed by atoms with van der Waals surface area (Å²) in [7, 11) is 0. The van der Waals surface area contributed by atoms with E-state index in [1.54, 1.807) is 0 Å². The Morgan fingerprint density at radius 1 is 1.17 bits per heavy atom. The lowest BCUT2D eigenvalue weighted by Crippen LogP contribution is -2.46. The number of thioether (sulfide) groups is 1. The maximum atomic E-state index is 12.6. The van der Waals surface area contributed by atoms with Gasteiger partial charge in [-0.2, -0.15) is 25.3 Å². The van der Waals surface area contributed by atoms with Crippen LogP contribution in [0.3, 0.4) is 0 Å². The van der Waals surface area contributed by atoms with Gasteiger partial charge in [0.1, 0.15) is 0 Å². The zero-order valence-electron chi connectivity index (χ0n) is 17.8.